The van der Waals surface area contributed by atoms with Crippen molar-refractivity contribution in [1.29, 1.82) is 5.26 Å². The van der Waals surface area contributed by atoms with Crippen molar-refractivity contribution >= 4 is 29.2 Å². The van der Waals surface area contributed by atoms with E-state index in [0.29, 0.717) is 39.3 Å². The fourth-order valence-electron chi connectivity index (χ4n) is 3.93. The Morgan fingerprint density at radius 2 is 1.78 bits per heavy atom. The van der Waals surface area contributed by atoms with Crippen LogP contribution in [0.4, 0.5) is 0 Å². The van der Waals surface area contributed by atoms with Crippen molar-refractivity contribution in [3.63, 3.8) is 0 Å². The first-order chi connectivity index (χ1) is 17.4. The Kier molecular flexibility index (Phi) is 8.04. The molecular formula is C28H24Cl2N2O4. The summed E-state index contributed by atoms with van der Waals surface area (Å²) >= 11 is 12.3. The van der Waals surface area contributed by atoms with E-state index in [1.807, 2.05) is 0 Å². The molecular weight excluding hydrogens is 499 g/mol. The van der Waals surface area contributed by atoms with E-state index in [9.17, 15) is 10.1 Å². The van der Waals surface area contributed by atoms with Gasteiger partial charge in [-0.05, 0) is 54.4 Å². The number of hydrogen-bond donors (Lipinski definition) is 1. The predicted octanol–water partition coefficient (Wildman–Crippen LogP) is 7.00. The largest absolute Gasteiger partial charge is 0.494 e. The molecule has 1 atom stereocenters. The third kappa shape index (κ3) is 5.59. The third-order valence-corrected chi connectivity index (χ3v) is 6.52. The number of nitriles is 1. The first-order valence-electron chi connectivity index (χ1n) is 11.5. The fourth-order valence-corrected chi connectivity index (χ4v) is 4.24. The molecule has 0 saturated heterocycles. The van der Waals surface area contributed by atoms with Gasteiger partial charge in [0.1, 0.15) is 28.9 Å². The average Bonchev–Trinajstić information content (AvgIpc) is 2.87. The maximum atomic E-state index is 12.7. The van der Waals surface area contributed by atoms with Gasteiger partial charge in [0.25, 0.3) is 0 Å². The molecule has 3 aromatic rings. The Morgan fingerprint density at radius 3 is 2.47 bits per heavy atom. The summed E-state index contributed by atoms with van der Waals surface area (Å²) in [7, 11) is 0. The molecule has 0 bridgehead atoms. The molecule has 0 aromatic heterocycles. The lowest BCUT2D eigenvalue weighted by Crippen LogP contribution is -2.21. The highest BCUT2D eigenvalue weighted by Gasteiger charge is 2.31. The quantitative estimate of drug-likeness (QED) is 0.194. The molecule has 1 aliphatic rings. The van der Waals surface area contributed by atoms with Gasteiger partial charge in [0, 0.05) is 11.6 Å². The minimum atomic E-state index is -0.523. The van der Waals surface area contributed by atoms with Crippen LogP contribution in [0, 0.1) is 11.3 Å². The molecule has 0 aliphatic carbocycles. The van der Waals surface area contributed by atoms with Crippen molar-refractivity contribution in [2.24, 2.45) is 5.73 Å². The summed E-state index contributed by atoms with van der Waals surface area (Å²) in [6, 6.07) is 19.0. The molecule has 0 radical (unpaired) electrons. The first kappa shape index (κ1) is 25.4. The zero-order chi connectivity index (χ0) is 25.7. The van der Waals surface area contributed by atoms with Gasteiger partial charge in [-0.25, -0.2) is 4.79 Å². The Bertz CT molecular complexity index is 1350. The summed E-state index contributed by atoms with van der Waals surface area (Å²) < 4.78 is 17.0. The Hall–Kier alpha value is -3.66. The molecule has 6 nitrogen and oxygen atoms in total. The maximum absolute atomic E-state index is 12.7. The highest BCUT2D eigenvalue weighted by atomic mass is 35.5. The summed E-state index contributed by atoms with van der Waals surface area (Å²) in [6.07, 6.45) is 3.23. The molecule has 4 rings (SSSR count). The van der Waals surface area contributed by atoms with Crippen molar-refractivity contribution in [2.75, 3.05) is 6.61 Å². The number of rotatable bonds is 8. The van der Waals surface area contributed by atoms with Gasteiger partial charge in [0.2, 0.25) is 5.88 Å². The van der Waals surface area contributed by atoms with E-state index in [1.165, 1.54) is 0 Å². The lowest BCUT2D eigenvalue weighted by Gasteiger charge is -2.27. The van der Waals surface area contributed by atoms with Gasteiger partial charge in [0.05, 0.1) is 28.1 Å². The van der Waals surface area contributed by atoms with Gasteiger partial charge >= 0.3 is 5.97 Å². The number of halogens is 2. The zero-order valence-corrected chi connectivity index (χ0v) is 21.1. The molecule has 1 aliphatic heterocycles. The van der Waals surface area contributed by atoms with Crippen LogP contribution < -0.4 is 19.9 Å². The fraction of sp³-hybridized carbons (Fsp3) is 0.214. The van der Waals surface area contributed by atoms with Gasteiger partial charge in [0.15, 0.2) is 0 Å². The van der Waals surface area contributed by atoms with Crippen LogP contribution in [0.5, 0.6) is 17.2 Å². The minimum absolute atomic E-state index is 0.0286. The molecule has 2 N–H and O–H groups in total. The zero-order valence-electron chi connectivity index (χ0n) is 19.6. The number of allylic oxidation sites excluding steroid dienone is 1. The van der Waals surface area contributed by atoms with E-state index in [2.05, 4.69) is 13.0 Å². The van der Waals surface area contributed by atoms with Crippen molar-refractivity contribution in [1.82, 2.24) is 0 Å². The molecule has 0 fully saturated rings. The molecule has 184 valence electrons. The summed E-state index contributed by atoms with van der Waals surface area (Å²) in [6.45, 7) is 2.78. The SMILES string of the molecule is CCCCCOc1ccc(C(=O)Oc2ccc3c(c2)OC(N)=C(C#N)C3c2ccc(Cl)c(Cl)c2)cc1. The summed E-state index contributed by atoms with van der Waals surface area (Å²) in [4.78, 5) is 12.7. The average molecular weight is 523 g/mol. The van der Waals surface area contributed by atoms with Crippen molar-refractivity contribution in [3.05, 3.63) is 98.9 Å². The third-order valence-electron chi connectivity index (χ3n) is 5.78. The van der Waals surface area contributed by atoms with Crippen molar-refractivity contribution < 1.29 is 19.0 Å². The number of unbranched alkanes of at least 4 members (excludes halogenated alkanes) is 2. The smallest absolute Gasteiger partial charge is 0.343 e. The molecule has 0 spiro atoms. The molecule has 0 amide bonds. The standard InChI is InChI=1S/C28H24Cl2N2O4/c1-2-3-4-13-34-19-8-5-17(6-9-19)28(33)35-20-10-11-21-25(15-20)36-27(32)22(16-31)26(21)18-7-12-23(29)24(30)14-18/h5-12,14-15,26H,2-4,13,32H2,1H3. The monoisotopic (exact) mass is 522 g/mol. The van der Waals surface area contributed by atoms with Crippen LogP contribution in [-0.2, 0) is 0 Å². The number of carbonyl (C=O) groups excluding carboxylic acids is 1. The number of esters is 1. The van der Waals surface area contributed by atoms with Gasteiger partial charge in [-0.3, -0.25) is 0 Å². The Morgan fingerprint density at radius 1 is 1.03 bits per heavy atom. The number of nitrogens with two attached hydrogens (primary N) is 1. The van der Waals surface area contributed by atoms with Crippen LogP contribution in [0.15, 0.2) is 72.1 Å². The van der Waals surface area contributed by atoms with Crippen LogP contribution in [0.2, 0.25) is 10.0 Å². The molecule has 1 heterocycles. The Labute approximate surface area is 219 Å². The van der Waals surface area contributed by atoms with Crippen LogP contribution in [0.1, 0.15) is 53.6 Å². The lowest BCUT2D eigenvalue weighted by molar-refractivity contribution is 0.0734. The van der Waals surface area contributed by atoms with Crippen LogP contribution in [0.3, 0.4) is 0 Å². The van der Waals surface area contributed by atoms with Gasteiger partial charge in [-0.1, -0.05) is 55.1 Å². The number of hydrogen-bond acceptors (Lipinski definition) is 6. The Balaban J connectivity index is 1.53. The van der Waals surface area contributed by atoms with Gasteiger partial charge in [-0.2, -0.15) is 5.26 Å². The van der Waals surface area contributed by atoms with Gasteiger partial charge in [-0.15, -0.1) is 0 Å². The van der Waals surface area contributed by atoms with Crippen LogP contribution in [0.25, 0.3) is 0 Å². The van der Waals surface area contributed by atoms with Crippen molar-refractivity contribution in [3.8, 4) is 23.3 Å². The maximum Gasteiger partial charge on any atom is 0.343 e. The minimum Gasteiger partial charge on any atom is -0.494 e. The molecule has 36 heavy (non-hydrogen) atoms. The molecule has 8 heteroatoms. The summed E-state index contributed by atoms with van der Waals surface area (Å²) in [5.74, 6) is 0.296. The molecule has 0 saturated carbocycles. The molecule has 3 aromatic carbocycles. The highest BCUT2D eigenvalue weighted by molar-refractivity contribution is 6.42. The van der Waals surface area contributed by atoms with E-state index in [-0.39, 0.29) is 17.2 Å². The first-order valence-corrected chi connectivity index (χ1v) is 12.3. The number of ether oxygens (including phenoxy) is 3. The second kappa shape index (κ2) is 11.4. The predicted molar refractivity (Wildman–Crippen MR) is 139 cm³/mol. The topological polar surface area (TPSA) is 94.6 Å². The lowest BCUT2D eigenvalue weighted by atomic mass is 9.83. The van der Waals surface area contributed by atoms with Gasteiger partial charge < -0.3 is 19.9 Å². The van der Waals surface area contributed by atoms with Crippen LogP contribution in [-0.4, -0.2) is 12.6 Å². The van der Waals surface area contributed by atoms with E-state index >= 15 is 0 Å². The van der Waals surface area contributed by atoms with Crippen molar-refractivity contribution in [2.45, 2.75) is 32.1 Å². The van der Waals surface area contributed by atoms with E-state index < -0.39 is 11.9 Å². The highest BCUT2D eigenvalue weighted by Crippen LogP contribution is 2.44. The van der Waals surface area contributed by atoms with E-state index in [0.717, 1.165) is 24.8 Å². The summed E-state index contributed by atoms with van der Waals surface area (Å²) in [5, 5.41) is 10.5. The van der Waals surface area contributed by atoms with E-state index in [4.69, 9.17) is 43.1 Å². The summed E-state index contributed by atoms with van der Waals surface area (Å²) in [5.41, 5.74) is 8.12. The number of fused-ring (bicyclic) bond motifs is 1. The number of benzene rings is 3. The second-order valence-corrected chi connectivity index (χ2v) is 9.08. The van der Waals surface area contributed by atoms with Crippen LogP contribution >= 0.6 is 23.2 Å². The normalized spacial score (nSPS) is 14.4. The second-order valence-electron chi connectivity index (χ2n) is 8.27. The van der Waals surface area contributed by atoms with E-state index in [1.54, 1.807) is 60.7 Å². The molecule has 1 unspecified atom stereocenters. The number of carbonyl (C=O) groups is 1. The number of nitrogens with zero attached hydrogens (tertiary/aromatic N) is 1.